The van der Waals surface area contributed by atoms with Crippen molar-refractivity contribution in [3.05, 3.63) is 88.2 Å². The number of carbonyl (C=O) groups is 1. The minimum atomic E-state index is -0.743. The summed E-state index contributed by atoms with van der Waals surface area (Å²) in [5.74, 6) is -0.954. The second kappa shape index (κ2) is 10.6. The highest BCUT2D eigenvalue weighted by Crippen LogP contribution is 2.38. The number of fused-ring (bicyclic) bond motifs is 1. The van der Waals surface area contributed by atoms with Gasteiger partial charge in [-0.2, -0.15) is 0 Å². The van der Waals surface area contributed by atoms with Gasteiger partial charge in [0.25, 0.3) is 0 Å². The highest BCUT2D eigenvalue weighted by atomic mass is 35.5. The van der Waals surface area contributed by atoms with E-state index in [9.17, 15) is 14.3 Å². The van der Waals surface area contributed by atoms with E-state index in [1.54, 1.807) is 24.3 Å². The number of ketones is 1. The number of para-hydroxylation sites is 1. The molecule has 2 atom stereocenters. The number of aromatic nitrogens is 2. The van der Waals surface area contributed by atoms with Gasteiger partial charge in [-0.15, -0.1) is 0 Å². The first kappa shape index (κ1) is 24.7. The standard InChI is InChI=1S/C27H22ClFN4O4/c1-30-22-12-32-27-24(25(22)33-15-7-8-17(13-34)36-14-15)19(11-31-27)26(35)18-9-21(29)23(10-20(18)28)37-16-5-3-2-4-6-16/h2-6,9-12,15,17,34H,7-8,13-14H2,(H2,31,32,33)/t15-,17+/m1/s1. The Morgan fingerprint density at radius 3 is 2.81 bits per heavy atom. The van der Waals surface area contributed by atoms with Crippen molar-refractivity contribution >= 4 is 39.8 Å². The number of pyridine rings is 1. The van der Waals surface area contributed by atoms with Crippen LogP contribution in [0.25, 0.3) is 15.9 Å². The molecule has 0 spiro atoms. The van der Waals surface area contributed by atoms with Crippen LogP contribution in [-0.4, -0.2) is 46.2 Å². The molecular formula is C27H22ClFN4O4. The SMILES string of the molecule is [C-]#[N+]c1cnc2[nH]cc(C(=O)c3cc(F)c(Oc4ccccc4)cc3Cl)c2c1N[C@@H]1CC[C@@H](CO)OC1. The van der Waals surface area contributed by atoms with Gasteiger partial charge in [-0.25, -0.2) is 14.2 Å². The van der Waals surface area contributed by atoms with Gasteiger partial charge in [-0.1, -0.05) is 29.8 Å². The molecule has 0 bridgehead atoms. The number of hydrogen-bond acceptors (Lipinski definition) is 6. The van der Waals surface area contributed by atoms with Crippen molar-refractivity contribution in [2.24, 2.45) is 0 Å². The first-order chi connectivity index (χ1) is 18.0. The first-order valence-electron chi connectivity index (χ1n) is 11.6. The summed E-state index contributed by atoms with van der Waals surface area (Å²) in [7, 11) is 0. The van der Waals surface area contributed by atoms with Crippen LogP contribution in [0.15, 0.2) is 54.9 Å². The molecule has 2 aromatic heterocycles. The molecule has 4 aromatic rings. The van der Waals surface area contributed by atoms with Crippen molar-refractivity contribution in [1.29, 1.82) is 0 Å². The van der Waals surface area contributed by atoms with Crippen molar-refractivity contribution in [2.75, 3.05) is 18.5 Å². The zero-order valence-electron chi connectivity index (χ0n) is 19.5. The molecule has 3 heterocycles. The van der Waals surface area contributed by atoms with E-state index in [0.29, 0.717) is 41.9 Å². The molecule has 1 aliphatic rings. The van der Waals surface area contributed by atoms with Crippen LogP contribution in [-0.2, 0) is 4.74 Å². The molecule has 1 aliphatic heterocycles. The number of rotatable bonds is 7. The fraction of sp³-hybridized carbons (Fsp3) is 0.222. The molecular weight excluding hydrogens is 499 g/mol. The molecule has 37 heavy (non-hydrogen) atoms. The number of aliphatic hydroxyl groups excluding tert-OH is 1. The van der Waals surface area contributed by atoms with Crippen LogP contribution < -0.4 is 10.1 Å². The Morgan fingerprint density at radius 1 is 1.30 bits per heavy atom. The summed E-state index contributed by atoms with van der Waals surface area (Å²) in [5.41, 5.74) is 1.20. The lowest BCUT2D eigenvalue weighted by Crippen LogP contribution is -2.36. The summed E-state index contributed by atoms with van der Waals surface area (Å²) in [5, 5.41) is 13.1. The van der Waals surface area contributed by atoms with Crippen LogP contribution >= 0.6 is 11.6 Å². The van der Waals surface area contributed by atoms with Gasteiger partial charge in [0.1, 0.15) is 11.4 Å². The summed E-state index contributed by atoms with van der Waals surface area (Å²) in [6.45, 7) is 7.89. The fourth-order valence-electron chi connectivity index (χ4n) is 4.30. The van der Waals surface area contributed by atoms with Crippen LogP contribution in [0, 0.1) is 12.4 Å². The number of nitrogens with one attached hydrogen (secondary N) is 2. The quantitative estimate of drug-likeness (QED) is 0.208. The third-order valence-electron chi connectivity index (χ3n) is 6.21. The predicted molar refractivity (Wildman–Crippen MR) is 137 cm³/mol. The Kier molecular flexibility index (Phi) is 7.06. The Hall–Kier alpha value is -3.97. The monoisotopic (exact) mass is 520 g/mol. The minimum absolute atomic E-state index is 0.0196. The van der Waals surface area contributed by atoms with E-state index >= 15 is 0 Å². The van der Waals surface area contributed by atoms with Crippen molar-refractivity contribution in [3.8, 4) is 11.5 Å². The number of aromatic amines is 1. The summed E-state index contributed by atoms with van der Waals surface area (Å²) in [6.07, 6.45) is 4.04. The molecule has 0 unspecified atom stereocenters. The Bertz CT molecular complexity index is 1490. The largest absolute Gasteiger partial charge is 0.454 e. The first-order valence-corrected chi connectivity index (χ1v) is 12.0. The average molecular weight is 521 g/mol. The van der Waals surface area contributed by atoms with Crippen molar-refractivity contribution in [3.63, 3.8) is 0 Å². The van der Waals surface area contributed by atoms with E-state index in [1.807, 2.05) is 6.07 Å². The Labute approximate surface area is 216 Å². The van der Waals surface area contributed by atoms with Crippen molar-refractivity contribution in [1.82, 2.24) is 9.97 Å². The molecule has 8 nitrogen and oxygen atoms in total. The lowest BCUT2D eigenvalue weighted by atomic mass is 10.0. The van der Waals surface area contributed by atoms with Gasteiger partial charge in [-0.3, -0.25) is 4.79 Å². The van der Waals surface area contributed by atoms with Gasteiger partial charge in [0, 0.05) is 35.5 Å². The van der Waals surface area contributed by atoms with E-state index < -0.39 is 11.6 Å². The number of H-pyrrole nitrogens is 1. The van der Waals surface area contributed by atoms with Crippen LogP contribution in [0.5, 0.6) is 11.5 Å². The third kappa shape index (κ3) is 5.00. The molecule has 0 aliphatic carbocycles. The molecule has 5 rings (SSSR count). The lowest BCUT2D eigenvalue weighted by molar-refractivity contribution is -0.0223. The highest BCUT2D eigenvalue weighted by Gasteiger charge is 2.26. The van der Waals surface area contributed by atoms with Crippen LogP contribution in [0.4, 0.5) is 15.8 Å². The van der Waals surface area contributed by atoms with Gasteiger partial charge >= 0.3 is 0 Å². The lowest BCUT2D eigenvalue weighted by Gasteiger charge is -2.29. The molecule has 10 heteroatoms. The Morgan fingerprint density at radius 2 is 2.11 bits per heavy atom. The summed E-state index contributed by atoms with van der Waals surface area (Å²) in [6, 6.07) is 10.9. The highest BCUT2D eigenvalue weighted by molar-refractivity contribution is 6.36. The number of ether oxygens (including phenoxy) is 2. The number of halogens is 2. The molecule has 0 amide bonds. The van der Waals surface area contributed by atoms with Gasteiger partial charge in [0.2, 0.25) is 5.69 Å². The molecule has 1 saturated heterocycles. The zero-order valence-corrected chi connectivity index (χ0v) is 20.3. The average Bonchev–Trinajstić information content (AvgIpc) is 3.36. The van der Waals surface area contributed by atoms with Crippen LogP contribution in [0.1, 0.15) is 28.8 Å². The van der Waals surface area contributed by atoms with Gasteiger partial charge < -0.3 is 24.9 Å². The Balaban J connectivity index is 1.50. The number of carbonyl (C=O) groups excluding carboxylic acids is 1. The van der Waals surface area contributed by atoms with Gasteiger partial charge in [0.05, 0.1) is 42.2 Å². The summed E-state index contributed by atoms with van der Waals surface area (Å²) < 4.78 is 26.2. The topological polar surface area (TPSA) is 101 Å². The smallest absolute Gasteiger partial charge is 0.228 e. The van der Waals surface area contributed by atoms with E-state index in [4.69, 9.17) is 27.6 Å². The van der Waals surface area contributed by atoms with Gasteiger partial charge in [-0.05, 0) is 31.0 Å². The minimum Gasteiger partial charge on any atom is -0.454 e. The maximum absolute atomic E-state index is 15.0. The third-order valence-corrected chi connectivity index (χ3v) is 6.52. The normalized spacial score (nSPS) is 17.4. The number of anilines is 1. The summed E-state index contributed by atoms with van der Waals surface area (Å²) >= 11 is 6.42. The maximum Gasteiger partial charge on any atom is 0.228 e. The van der Waals surface area contributed by atoms with Crippen molar-refractivity contribution < 1.29 is 23.8 Å². The molecule has 3 N–H and O–H groups in total. The van der Waals surface area contributed by atoms with Crippen molar-refractivity contribution in [2.45, 2.75) is 25.0 Å². The van der Waals surface area contributed by atoms with Gasteiger partial charge in [0.15, 0.2) is 17.3 Å². The summed E-state index contributed by atoms with van der Waals surface area (Å²) in [4.78, 5) is 24.4. The van der Waals surface area contributed by atoms with Crippen LogP contribution in [0.2, 0.25) is 5.02 Å². The predicted octanol–water partition coefficient (Wildman–Crippen LogP) is 5.88. The number of nitrogens with zero attached hydrogens (tertiary/aromatic N) is 2. The number of hydrogen-bond donors (Lipinski definition) is 3. The molecule has 0 radical (unpaired) electrons. The van der Waals surface area contributed by atoms with E-state index in [-0.39, 0.29) is 46.3 Å². The van der Waals surface area contributed by atoms with E-state index in [1.165, 1.54) is 18.5 Å². The number of aliphatic hydroxyl groups is 1. The van der Waals surface area contributed by atoms with E-state index in [0.717, 1.165) is 6.07 Å². The van der Waals surface area contributed by atoms with E-state index in [2.05, 4.69) is 20.1 Å². The molecule has 188 valence electrons. The van der Waals surface area contributed by atoms with Crippen LogP contribution in [0.3, 0.4) is 0 Å². The molecule has 0 saturated carbocycles. The maximum atomic E-state index is 15.0. The second-order valence-electron chi connectivity index (χ2n) is 8.62. The fourth-order valence-corrected chi connectivity index (χ4v) is 4.54. The second-order valence-corrected chi connectivity index (χ2v) is 9.03. The molecule has 1 fully saturated rings. The molecule has 2 aromatic carbocycles. The number of benzene rings is 2. The zero-order chi connectivity index (χ0) is 25.9.